The van der Waals surface area contributed by atoms with Crippen molar-refractivity contribution in [1.82, 2.24) is 10.2 Å². The van der Waals surface area contributed by atoms with Gasteiger partial charge in [0.2, 0.25) is 0 Å². The first kappa shape index (κ1) is 31.8. The number of benzene rings is 1. The zero-order valence-corrected chi connectivity index (χ0v) is 25.8. The molecule has 1 aliphatic carbocycles. The fourth-order valence-corrected chi connectivity index (χ4v) is 5.81. The molecule has 0 heterocycles. The Labute approximate surface area is 230 Å². The predicted octanol–water partition coefficient (Wildman–Crippen LogP) is 6.74. The van der Waals surface area contributed by atoms with Gasteiger partial charge in [-0.3, -0.25) is 4.79 Å². The summed E-state index contributed by atoms with van der Waals surface area (Å²) in [4.78, 5) is 15.4. The maximum absolute atomic E-state index is 13.2. The van der Waals surface area contributed by atoms with Crippen LogP contribution in [0, 0.1) is 17.8 Å². The molecule has 2 atom stereocenters. The molecule has 0 fully saturated rings. The lowest BCUT2D eigenvalue weighted by Gasteiger charge is -2.31. The summed E-state index contributed by atoms with van der Waals surface area (Å²) in [6.45, 7) is 13.4. The molecule has 1 aromatic rings. The minimum atomic E-state index is 0.122. The Kier molecular flexibility index (Phi) is 13.7. The molecule has 4 heteroatoms. The predicted molar refractivity (Wildman–Crippen MR) is 160 cm³/mol. The number of rotatable bonds is 17. The van der Waals surface area contributed by atoms with Gasteiger partial charge in [0.15, 0.2) is 0 Å². The van der Waals surface area contributed by atoms with E-state index in [0.29, 0.717) is 5.92 Å². The minimum Gasteiger partial charge on any atom is -0.346 e. The summed E-state index contributed by atoms with van der Waals surface area (Å²) in [7, 11) is 8.74. The van der Waals surface area contributed by atoms with Gasteiger partial charge in [0.05, 0.1) is 33.7 Å². The molecular formula is C33H60N3O+. The number of carbonyl (C=O) groups is 1. The molecule has 0 radical (unpaired) electrons. The van der Waals surface area contributed by atoms with Gasteiger partial charge in [0, 0.05) is 12.1 Å². The van der Waals surface area contributed by atoms with Crippen LogP contribution in [0.3, 0.4) is 0 Å². The van der Waals surface area contributed by atoms with Crippen molar-refractivity contribution in [1.29, 1.82) is 0 Å². The fourth-order valence-electron chi connectivity index (χ4n) is 5.81. The number of quaternary nitrogens is 1. The topological polar surface area (TPSA) is 32.3 Å². The van der Waals surface area contributed by atoms with Crippen LogP contribution in [0.4, 0.5) is 0 Å². The van der Waals surface area contributed by atoms with Crippen LogP contribution in [0.15, 0.2) is 12.1 Å². The van der Waals surface area contributed by atoms with E-state index in [0.717, 1.165) is 67.3 Å². The quantitative estimate of drug-likeness (QED) is 0.233. The smallest absolute Gasteiger partial charge is 0.251 e. The molecule has 0 aliphatic heterocycles. The van der Waals surface area contributed by atoms with Crippen LogP contribution in [0.1, 0.15) is 106 Å². The first-order valence-corrected chi connectivity index (χ1v) is 15.4. The van der Waals surface area contributed by atoms with Crippen molar-refractivity contribution in [3.05, 3.63) is 34.4 Å². The van der Waals surface area contributed by atoms with Crippen molar-refractivity contribution in [3.63, 3.8) is 0 Å². The van der Waals surface area contributed by atoms with Gasteiger partial charge in [-0.15, -0.1) is 0 Å². The van der Waals surface area contributed by atoms with Gasteiger partial charge >= 0.3 is 0 Å². The second kappa shape index (κ2) is 15.9. The number of hydrogen-bond acceptors (Lipinski definition) is 2. The lowest BCUT2D eigenvalue weighted by atomic mass is 9.82. The molecule has 0 saturated heterocycles. The monoisotopic (exact) mass is 514 g/mol. The van der Waals surface area contributed by atoms with Gasteiger partial charge in [-0.1, -0.05) is 72.3 Å². The number of amides is 1. The van der Waals surface area contributed by atoms with Gasteiger partial charge in [-0.25, -0.2) is 0 Å². The lowest BCUT2D eigenvalue weighted by molar-refractivity contribution is -0.888. The van der Waals surface area contributed by atoms with Crippen molar-refractivity contribution in [2.75, 3.05) is 54.4 Å². The largest absolute Gasteiger partial charge is 0.346 e. The van der Waals surface area contributed by atoms with Gasteiger partial charge < -0.3 is 14.7 Å². The van der Waals surface area contributed by atoms with Crippen molar-refractivity contribution in [3.8, 4) is 0 Å². The second-order valence-electron chi connectivity index (χ2n) is 13.5. The molecule has 4 nitrogen and oxygen atoms in total. The van der Waals surface area contributed by atoms with Crippen LogP contribution in [0.2, 0.25) is 0 Å². The van der Waals surface area contributed by atoms with Crippen LogP contribution < -0.4 is 5.32 Å². The van der Waals surface area contributed by atoms with E-state index in [-0.39, 0.29) is 5.91 Å². The highest BCUT2D eigenvalue weighted by atomic mass is 16.1. The Balaban J connectivity index is 1.89. The molecule has 1 amide bonds. The third-order valence-corrected chi connectivity index (χ3v) is 8.47. The number of likely N-dealkylation sites (N-methyl/N-ethyl adjacent to an activating group) is 2. The molecule has 2 rings (SSSR count). The molecule has 2 unspecified atom stereocenters. The molecule has 1 N–H and O–H groups in total. The van der Waals surface area contributed by atoms with Gasteiger partial charge in [0.1, 0.15) is 0 Å². The molecular weight excluding hydrogens is 454 g/mol. The zero-order valence-electron chi connectivity index (χ0n) is 25.8. The minimum absolute atomic E-state index is 0.122. The van der Waals surface area contributed by atoms with E-state index < -0.39 is 0 Å². The van der Waals surface area contributed by atoms with Crippen LogP contribution >= 0.6 is 0 Å². The maximum atomic E-state index is 13.2. The molecule has 1 aliphatic rings. The average molecular weight is 515 g/mol. The zero-order chi connectivity index (χ0) is 27.4. The lowest BCUT2D eigenvalue weighted by Crippen LogP contribution is -2.48. The first-order chi connectivity index (χ1) is 17.5. The third kappa shape index (κ3) is 11.9. The Bertz CT molecular complexity index is 814. The normalized spacial score (nSPS) is 15.6. The van der Waals surface area contributed by atoms with Crippen molar-refractivity contribution in [2.24, 2.45) is 17.8 Å². The van der Waals surface area contributed by atoms with Crippen LogP contribution in [0.5, 0.6) is 0 Å². The Morgan fingerprint density at radius 2 is 1.51 bits per heavy atom. The summed E-state index contributed by atoms with van der Waals surface area (Å²) in [5, 5.41) is 3.24. The van der Waals surface area contributed by atoms with E-state index in [1.165, 1.54) is 68.1 Å². The summed E-state index contributed by atoms with van der Waals surface area (Å²) >= 11 is 0. The van der Waals surface area contributed by atoms with Gasteiger partial charge in [-0.05, 0) is 86.7 Å². The summed E-state index contributed by atoms with van der Waals surface area (Å²) in [6, 6.07) is 4.41. The number of nitrogens with one attached hydrogen (secondary N) is 1. The third-order valence-electron chi connectivity index (χ3n) is 8.47. The standard InChI is InChI=1S/C33H59N3O/c1-26(2)13-11-14-27(3)15-12-16-28(4)25-29-19-20-32(31-18-10-9-17-30(29)31)33(37)34-21-23-36(7,8)24-22-35(5)6/h19-20,26-28H,9-18,21-25H2,1-8H3/p+1. The van der Waals surface area contributed by atoms with Crippen LogP contribution in [0.25, 0.3) is 0 Å². The van der Waals surface area contributed by atoms with Crippen molar-refractivity contribution in [2.45, 2.75) is 98.3 Å². The van der Waals surface area contributed by atoms with E-state index in [4.69, 9.17) is 0 Å². The SMILES string of the molecule is CC(C)CCCC(C)CCCC(C)Cc1ccc(C(=O)NCC[N+](C)(C)CCN(C)C)c2c1CCCC2. The summed E-state index contributed by atoms with van der Waals surface area (Å²) in [6.07, 6.45) is 14.0. The van der Waals surface area contributed by atoms with Crippen LogP contribution in [-0.4, -0.2) is 69.7 Å². The van der Waals surface area contributed by atoms with E-state index in [1.54, 1.807) is 0 Å². The number of carbonyl (C=O) groups excluding carboxylic acids is 1. The summed E-state index contributed by atoms with van der Waals surface area (Å²) in [5.74, 6) is 2.52. The number of fused-ring (bicyclic) bond motifs is 1. The van der Waals surface area contributed by atoms with Crippen molar-refractivity contribution >= 4 is 5.91 Å². The Morgan fingerprint density at radius 1 is 0.892 bits per heavy atom. The van der Waals surface area contributed by atoms with E-state index in [2.05, 4.69) is 78.2 Å². The highest BCUT2D eigenvalue weighted by molar-refractivity contribution is 5.96. The highest BCUT2D eigenvalue weighted by Crippen LogP contribution is 2.30. The Hall–Kier alpha value is -1.39. The summed E-state index contributed by atoms with van der Waals surface area (Å²) < 4.78 is 0.921. The number of hydrogen-bond donors (Lipinski definition) is 1. The molecule has 0 aromatic heterocycles. The fraction of sp³-hybridized carbons (Fsp3) is 0.788. The van der Waals surface area contributed by atoms with Crippen LogP contribution in [-0.2, 0) is 19.3 Å². The average Bonchev–Trinajstić information content (AvgIpc) is 2.82. The maximum Gasteiger partial charge on any atom is 0.251 e. The Morgan fingerprint density at radius 3 is 2.16 bits per heavy atom. The van der Waals surface area contributed by atoms with Crippen molar-refractivity contribution < 1.29 is 9.28 Å². The molecule has 1 aromatic carbocycles. The molecule has 0 spiro atoms. The van der Waals surface area contributed by atoms with E-state index in [1.807, 2.05) is 0 Å². The molecule has 0 saturated carbocycles. The molecule has 37 heavy (non-hydrogen) atoms. The highest BCUT2D eigenvalue weighted by Gasteiger charge is 2.22. The first-order valence-electron chi connectivity index (χ1n) is 15.4. The van der Waals surface area contributed by atoms with Gasteiger partial charge in [-0.2, -0.15) is 0 Å². The van der Waals surface area contributed by atoms with Gasteiger partial charge in [0.25, 0.3) is 5.91 Å². The molecule has 212 valence electrons. The van der Waals surface area contributed by atoms with E-state index >= 15 is 0 Å². The van der Waals surface area contributed by atoms with E-state index in [9.17, 15) is 4.79 Å². The summed E-state index contributed by atoms with van der Waals surface area (Å²) in [5.41, 5.74) is 5.27. The second-order valence-corrected chi connectivity index (χ2v) is 13.5. The molecule has 0 bridgehead atoms. The number of nitrogens with zero attached hydrogens (tertiary/aromatic N) is 2.